The third-order valence-corrected chi connectivity index (χ3v) is 7.15. The molecule has 1 N–H and O–H groups in total. The molecule has 3 saturated heterocycles. The van der Waals surface area contributed by atoms with E-state index >= 15 is 0 Å². The monoisotopic (exact) mass is 447 g/mol. The summed E-state index contributed by atoms with van der Waals surface area (Å²) in [6, 6.07) is 14.7. The number of nitrogens with zero attached hydrogens (tertiary/aromatic N) is 4. The fourth-order valence-corrected chi connectivity index (χ4v) is 5.22. The van der Waals surface area contributed by atoms with Crippen LogP contribution in [0.1, 0.15) is 41.7 Å². The lowest BCUT2D eigenvalue weighted by molar-refractivity contribution is -0.135. The van der Waals surface area contributed by atoms with Crippen molar-refractivity contribution in [1.29, 1.82) is 0 Å². The number of carbonyl (C=O) groups is 3. The highest BCUT2D eigenvalue weighted by Gasteiger charge is 2.54. The van der Waals surface area contributed by atoms with Crippen LogP contribution in [0.3, 0.4) is 0 Å². The molecule has 0 atom stereocenters. The molecule has 1 spiro atoms. The summed E-state index contributed by atoms with van der Waals surface area (Å²) in [4.78, 5) is 49.0. The molecule has 0 radical (unpaired) electrons. The smallest absolute Gasteiger partial charge is 0.325 e. The highest BCUT2D eigenvalue weighted by molar-refractivity contribution is 6.07. The van der Waals surface area contributed by atoms with E-state index in [4.69, 9.17) is 0 Å². The van der Waals surface area contributed by atoms with Gasteiger partial charge in [0.05, 0.1) is 5.69 Å². The summed E-state index contributed by atoms with van der Waals surface area (Å²) < 4.78 is 0. The van der Waals surface area contributed by atoms with Crippen molar-refractivity contribution in [2.75, 3.05) is 26.2 Å². The van der Waals surface area contributed by atoms with E-state index in [1.165, 1.54) is 4.90 Å². The summed E-state index contributed by atoms with van der Waals surface area (Å²) >= 11 is 0. The second-order valence-corrected chi connectivity index (χ2v) is 9.17. The number of pyridine rings is 1. The van der Waals surface area contributed by atoms with Crippen molar-refractivity contribution >= 4 is 17.8 Å². The maximum atomic E-state index is 13.4. The van der Waals surface area contributed by atoms with Crippen molar-refractivity contribution in [3.63, 3.8) is 0 Å². The first-order chi connectivity index (χ1) is 16.1. The molecule has 3 aliphatic heterocycles. The average molecular weight is 448 g/mol. The highest BCUT2D eigenvalue weighted by Crippen LogP contribution is 2.33. The lowest BCUT2D eigenvalue weighted by atomic mass is 9.86. The van der Waals surface area contributed by atoms with Crippen LogP contribution in [0.25, 0.3) is 0 Å². The number of hydrogen-bond donors (Lipinski definition) is 1. The first kappa shape index (κ1) is 21.6. The molecule has 3 fully saturated rings. The summed E-state index contributed by atoms with van der Waals surface area (Å²) in [6.45, 7) is 3.34. The van der Waals surface area contributed by atoms with Crippen molar-refractivity contribution in [1.82, 2.24) is 25.0 Å². The molecule has 1 aromatic heterocycles. The van der Waals surface area contributed by atoms with Crippen LogP contribution in [-0.4, -0.2) is 75.3 Å². The number of likely N-dealkylation sites (tertiary alicyclic amines) is 2. The van der Waals surface area contributed by atoms with Crippen LogP contribution in [0.15, 0.2) is 54.7 Å². The van der Waals surface area contributed by atoms with Crippen molar-refractivity contribution in [3.05, 3.63) is 66.0 Å². The Labute approximate surface area is 193 Å². The van der Waals surface area contributed by atoms with E-state index in [0.29, 0.717) is 31.5 Å². The van der Waals surface area contributed by atoms with Crippen molar-refractivity contribution in [2.45, 2.75) is 43.8 Å². The summed E-state index contributed by atoms with van der Waals surface area (Å²) in [6.07, 6.45) is 4.23. The molecule has 4 amide bonds. The van der Waals surface area contributed by atoms with E-state index in [1.54, 1.807) is 23.2 Å². The average Bonchev–Trinajstić information content (AvgIpc) is 3.09. The number of rotatable bonds is 4. The molecule has 0 saturated carbocycles. The fraction of sp³-hybridized carbons (Fsp3) is 0.440. The Kier molecular flexibility index (Phi) is 5.85. The van der Waals surface area contributed by atoms with E-state index in [-0.39, 0.29) is 23.9 Å². The Morgan fingerprint density at radius 1 is 0.970 bits per heavy atom. The molecule has 172 valence electrons. The van der Waals surface area contributed by atoms with Crippen LogP contribution in [0.4, 0.5) is 4.79 Å². The molecule has 0 aliphatic carbocycles. The number of amides is 4. The Hall–Kier alpha value is -3.26. The second-order valence-electron chi connectivity index (χ2n) is 9.17. The molecule has 0 unspecified atom stereocenters. The second kappa shape index (κ2) is 8.94. The van der Waals surface area contributed by atoms with E-state index in [1.807, 2.05) is 36.4 Å². The lowest BCUT2D eigenvalue weighted by Gasteiger charge is -2.38. The van der Waals surface area contributed by atoms with Gasteiger partial charge in [0.25, 0.3) is 11.8 Å². The van der Waals surface area contributed by atoms with E-state index in [2.05, 4.69) is 15.2 Å². The summed E-state index contributed by atoms with van der Waals surface area (Å²) in [5.41, 5.74) is 0.798. The minimum Gasteiger partial charge on any atom is -0.338 e. The Morgan fingerprint density at radius 2 is 1.67 bits per heavy atom. The SMILES string of the molecule is O=C(c1ccccc1)N1CCC2(CC1)NC(=O)N(C1CCN(Cc3ccccn3)CC1)C2=O. The standard InChI is InChI=1S/C25H29N5O3/c31-22(19-6-2-1-3-7-19)29-16-11-25(12-17-29)23(32)30(24(33)27-25)21-9-14-28(15-10-21)18-20-8-4-5-13-26-20/h1-8,13,21H,9-12,14-18H2,(H,27,33). The van der Waals surface area contributed by atoms with Crippen LogP contribution < -0.4 is 5.32 Å². The van der Waals surface area contributed by atoms with Gasteiger partial charge >= 0.3 is 6.03 Å². The highest BCUT2D eigenvalue weighted by atomic mass is 16.2. The number of piperidine rings is 2. The Morgan fingerprint density at radius 3 is 2.33 bits per heavy atom. The molecule has 1 aromatic carbocycles. The summed E-state index contributed by atoms with van der Waals surface area (Å²) in [5, 5.41) is 2.99. The molecule has 8 heteroatoms. The maximum Gasteiger partial charge on any atom is 0.325 e. The molecule has 0 bridgehead atoms. The number of carbonyl (C=O) groups excluding carboxylic acids is 3. The van der Waals surface area contributed by atoms with Crippen molar-refractivity contribution in [3.8, 4) is 0 Å². The van der Waals surface area contributed by atoms with Gasteiger partial charge < -0.3 is 10.2 Å². The van der Waals surface area contributed by atoms with Crippen LogP contribution in [0.2, 0.25) is 0 Å². The summed E-state index contributed by atoms with van der Waals surface area (Å²) in [5.74, 6) is -0.151. The van der Waals surface area contributed by atoms with E-state index in [0.717, 1.165) is 38.2 Å². The zero-order valence-electron chi connectivity index (χ0n) is 18.7. The fourth-order valence-electron chi connectivity index (χ4n) is 5.22. The molecular formula is C25H29N5O3. The third kappa shape index (κ3) is 4.23. The van der Waals surface area contributed by atoms with Gasteiger partial charge in [-0.05, 0) is 49.9 Å². The third-order valence-electron chi connectivity index (χ3n) is 7.15. The maximum absolute atomic E-state index is 13.4. The van der Waals surface area contributed by atoms with Crippen LogP contribution in [-0.2, 0) is 11.3 Å². The van der Waals surface area contributed by atoms with Gasteiger partial charge in [-0.1, -0.05) is 24.3 Å². The van der Waals surface area contributed by atoms with Gasteiger partial charge in [0.15, 0.2) is 0 Å². The van der Waals surface area contributed by atoms with Gasteiger partial charge in [-0.15, -0.1) is 0 Å². The van der Waals surface area contributed by atoms with Gasteiger partial charge in [0.1, 0.15) is 5.54 Å². The normalized spacial score (nSPS) is 21.5. The van der Waals surface area contributed by atoms with Crippen LogP contribution in [0.5, 0.6) is 0 Å². The number of benzene rings is 1. The summed E-state index contributed by atoms with van der Waals surface area (Å²) in [7, 11) is 0. The quantitative estimate of drug-likeness (QED) is 0.727. The van der Waals surface area contributed by atoms with Gasteiger partial charge in [0, 0.05) is 50.5 Å². The molecule has 3 aliphatic rings. The van der Waals surface area contributed by atoms with E-state index in [9.17, 15) is 14.4 Å². The molecule has 5 rings (SSSR count). The van der Waals surface area contributed by atoms with Crippen molar-refractivity contribution < 1.29 is 14.4 Å². The largest absolute Gasteiger partial charge is 0.338 e. The number of hydrogen-bond acceptors (Lipinski definition) is 5. The zero-order valence-corrected chi connectivity index (χ0v) is 18.7. The molecule has 4 heterocycles. The molecule has 8 nitrogen and oxygen atoms in total. The van der Waals surface area contributed by atoms with Gasteiger partial charge in [0.2, 0.25) is 0 Å². The number of imide groups is 1. The zero-order chi connectivity index (χ0) is 22.8. The predicted octanol–water partition coefficient (Wildman–Crippen LogP) is 2.27. The number of aromatic nitrogens is 1. The molecule has 2 aromatic rings. The van der Waals surface area contributed by atoms with Crippen LogP contribution in [0, 0.1) is 0 Å². The number of urea groups is 1. The molecule has 33 heavy (non-hydrogen) atoms. The van der Waals surface area contributed by atoms with Gasteiger partial charge in [-0.2, -0.15) is 0 Å². The lowest BCUT2D eigenvalue weighted by Crippen LogP contribution is -2.56. The Balaban J connectivity index is 1.18. The Bertz CT molecular complexity index is 1010. The van der Waals surface area contributed by atoms with Gasteiger partial charge in [-0.25, -0.2) is 4.79 Å². The first-order valence-electron chi connectivity index (χ1n) is 11.7. The molecular weight excluding hydrogens is 418 g/mol. The van der Waals surface area contributed by atoms with E-state index < -0.39 is 5.54 Å². The van der Waals surface area contributed by atoms with Crippen LogP contribution >= 0.6 is 0 Å². The first-order valence-corrected chi connectivity index (χ1v) is 11.7. The minimum atomic E-state index is -0.879. The number of nitrogens with one attached hydrogen (secondary N) is 1. The van der Waals surface area contributed by atoms with Crippen molar-refractivity contribution in [2.24, 2.45) is 0 Å². The van der Waals surface area contributed by atoms with Gasteiger partial charge in [-0.3, -0.25) is 24.4 Å². The topological polar surface area (TPSA) is 85.8 Å². The minimum absolute atomic E-state index is 0.0284. The predicted molar refractivity (Wildman–Crippen MR) is 122 cm³/mol.